The number of rotatable bonds is 7. The summed E-state index contributed by atoms with van der Waals surface area (Å²) in [5, 5.41) is 13.3. The zero-order valence-corrected chi connectivity index (χ0v) is 11.8. The zero-order valence-electron chi connectivity index (χ0n) is 11.8. The van der Waals surface area contributed by atoms with Crippen LogP contribution in [-0.4, -0.2) is 25.3 Å². The van der Waals surface area contributed by atoms with Crippen molar-refractivity contribution in [3.05, 3.63) is 65.7 Å². The predicted molar refractivity (Wildman–Crippen MR) is 81.0 cm³/mol. The molecule has 20 heavy (non-hydrogen) atoms. The molecule has 0 heterocycles. The van der Waals surface area contributed by atoms with Gasteiger partial charge in [-0.2, -0.15) is 0 Å². The number of nitrogens with one attached hydrogen (secondary N) is 1. The van der Waals surface area contributed by atoms with Gasteiger partial charge in [-0.05, 0) is 36.2 Å². The molecule has 0 saturated heterocycles. The van der Waals surface area contributed by atoms with Crippen molar-refractivity contribution >= 4 is 0 Å². The number of aliphatic hydroxyl groups is 1. The second-order valence-corrected chi connectivity index (χ2v) is 4.73. The molecule has 0 bridgehead atoms. The van der Waals surface area contributed by atoms with Crippen molar-refractivity contribution in [3.8, 4) is 5.75 Å². The minimum Gasteiger partial charge on any atom is -0.497 e. The Labute approximate surface area is 120 Å². The molecule has 0 fully saturated rings. The molecule has 0 saturated carbocycles. The Bertz CT molecular complexity index is 496. The van der Waals surface area contributed by atoms with Crippen molar-refractivity contribution in [1.82, 2.24) is 5.32 Å². The van der Waals surface area contributed by atoms with Gasteiger partial charge >= 0.3 is 0 Å². The van der Waals surface area contributed by atoms with E-state index in [-0.39, 0.29) is 0 Å². The summed E-state index contributed by atoms with van der Waals surface area (Å²) in [6, 6.07) is 17.8. The Balaban J connectivity index is 1.70. The summed E-state index contributed by atoms with van der Waals surface area (Å²) in [6.07, 6.45) is 0.484. The first-order valence-corrected chi connectivity index (χ1v) is 6.86. The lowest BCUT2D eigenvalue weighted by molar-refractivity contribution is 0.175. The molecule has 3 heteroatoms. The van der Waals surface area contributed by atoms with Crippen LogP contribution in [-0.2, 0) is 6.42 Å². The summed E-state index contributed by atoms with van der Waals surface area (Å²) in [7, 11) is 1.67. The van der Waals surface area contributed by atoms with Gasteiger partial charge in [0.2, 0.25) is 0 Å². The van der Waals surface area contributed by atoms with Crippen LogP contribution < -0.4 is 10.1 Å². The third kappa shape index (κ3) is 4.37. The summed E-state index contributed by atoms with van der Waals surface area (Å²) >= 11 is 0. The molecular weight excluding hydrogens is 250 g/mol. The largest absolute Gasteiger partial charge is 0.497 e. The molecule has 0 aromatic heterocycles. The van der Waals surface area contributed by atoms with E-state index >= 15 is 0 Å². The number of hydrogen-bond donors (Lipinski definition) is 2. The van der Waals surface area contributed by atoms with Crippen LogP contribution in [0, 0.1) is 0 Å². The van der Waals surface area contributed by atoms with Crippen molar-refractivity contribution in [1.29, 1.82) is 0 Å². The van der Waals surface area contributed by atoms with Crippen LogP contribution >= 0.6 is 0 Å². The topological polar surface area (TPSA) is 41.5 Å². The number of methoxy groups -OCH3 is 1. The number of benzene rings is 2. The van der Waals surface area contributed by atoms with Gasteiger partial charge in [0.1, 0.15) is 5.75 Å². The van der Waals surface area contributed by atoms with E-state index in [0.717, 1.165) is 24.3 Å². The number of aliphatic hydroxyl groups excluding tert-OH is 1. The van der Waals surface area contributed by atoms with Gasteiger partial charge in [0.05, 0.1) is 13.2 Å². The molecule has 0 spiro atoms. The van der Waals surface area contributed by atoms with E-state index < -0.39 is 6.10 Å². The van der Waals surface area contributed by atoms with Crippen LogP contribution in [0.25, 0.3) is 0 Å². The van der Waals surface area contributed by atoms with Gasteiger partial charge < -0.3 is 15.2 Å². The first-order valence-electron chi connectivity index (χ1n) is 6.86. The first kappa shape index (κ1) is 14.6. The van der Waals surface area contributed by atoms with E-state index in [1.54, 1.807) is 7.11 Å². The Morgan fingerprint density at radius 3 is 2.40 bits per heavy atom. The van der Waals surface area contributed by atoms with Crippen molar-refractivity contribution in [2.75, 3.05) is 20.2 Å². The molecular formula is C17H21NO2. The predicted octanol–water partition coefficient (Wildman–Crippen LogP) is 2.56. The fraction of sp³-hybridized carbons (Fsp3) is 0.294. The average Bonchev–Trinajstić information content (AvgIpc) is 2.53. The van der Waals surface area contributed by atoms with Crippen LogP contribution in [0.15, 0.2) is 54.6 Å². The zero-order chi connectivity index (χ0) is 14.2. The Kier molecular flexibility index (Phi) is 5.59. The van der Waals surface area contributed by atoms with Crippen molar-refractivity contribution in [3.63, 3.8) is 0 Å². The van der Waals surface area contributed by atoms with E-state index in [2.05, 4.69) is 17.4 Å². The highest BCUT2D eigenvalue weighted by molar-refractivity contribution is 5.27. The fourth-order valence-corrected chi connectivity index (χ4v) is 2.06. The van der Waals surface area contributed by atoms with E-state index in [1.165, 1.54) is 5.56 Å². The first-order chi connectivity index (χ1) is 9.79. The highest BCUT2D eigenvalue weighted by atomic mass is 16.5. The minimum absolute atomic E-state index is 0.452. The molecule has 2 aromatic carbocycles. The molecule has 3 nitrogen and oxygen atoms in total. The fourth-order valence-electron chi connectivity index (χ4n) is 2.06. The SMILES string of the molecule is COc1ccc(CCNC[C@@H](O)c2ccccc2)cc1. The van der Waals surface area contributed by atoms with Gasteiger partial charge in [0.15, 0.2) is 0 Å². The van der Waals surface area contributed by atoms with Crippen molar-refractivity contribution in [2.45, 2.75) is 12.5 Å². The molecule has 0 aliphatic carbocycles. The van der Waals surface area contributed by atoms with E-state index in [0.29, 0.717) is 6.54 Å². The van der Waals surface area contributed by atoms with Gasteiger partial charge in [-0.15, -0.1) is 0 Å². The molecule has 0 amide bonds. The maximum Gasteiger partial charge on any atom is 0.118 e. The smallest absolute Gasteiger partial charge is 0.118 e. The third-order valence-electron chi connectivity index (χ3n) is 3.27. The number of hydrogen-bond acceptors (Lipinski definition) is 3. The monoisotopic (exact) mass is 271 g/mol. The maximum atomic E-state index is 10.0. The van der Waals surface area contributed by atoms with Crippen LogP contribution in [0.3, 0.4) is 0 Å². The lowest BCUT2D eigenvalue weighted by Crippen LogP contribution is -2.23. The second-order valence-electron chi connectivity index (χ2n) is 4.73. The average molecular weight is 271 g/mol. The molecule has 0 aliphatic heterocycles. The summed E-state index contributed by atoms with van der Waals surface area (Å²) in [6.45, 7) is 1.41. The lowest BCUT2D eigenvalue weighted by Gasteiger charge is -2.12. The van der Waals surface area contributed by atoms with Crippen molar-refractivity contribution < 1.29 is 9.84 Å². The second kappa shape index (κ2) is 7.68. The van der Waals surface area contributed by atoms with Gasteiger partial charge in [0, 0.05) is 6.54 Å². The van der Waals surface area contributed by atoms with Crippen LogP contribution in [0.1, 0.15) is 17.2 Å². The summed E-state index contributed by atoms with van der Waals surface area (Å²) in [4.78, 5) is 0. The molecule has 0 radical (unpaired) electrons. The summed E-state index contributed by atoms with van der Waals surface area (Å²) < 4.78 is 5.13. The summed E-state index contributed by atoms with van der Waals surface area (Å²) in [5.74, 6) is 0.876. The Hall–Kier alpha value is -1.84. The van der Waals surface area contributed by atoms with Crippen LogP contribution in [0.2, 0.25) is 0 Å². The molecule has 2 N–H and O–H groups in total. The molecule has 1 atom stereocenters. The Morgan fingerprint density at radius 2 is 1.75 bits per heavy atom. The van der Waals surface area contributed by atoms with Gasteiger partial charge in [-0.3, -0.25) is 0 Å². The molecule has 0 aliphatic rings. The van der Waals surface area contributed by atoms with Gasteiger partial charge in [0.25, 0.3) is 0 Å². The molecule has 2 aromatic rings. The highest BCUT2D eigenvalue weighted by Crippen LogP contribution is 2.12. The maximum absolute atomic E-state index is 10.0. The van der Waals surface area contributed by atoms with Crippen LogP contribution in [0.4, 0.5) is 0 Å². The summed E-state index contributed by atoms with van der Waals surface area (Å²) in [5.41, 5.74) is 2.21. The van der Waals surface area contributed by atoms with E-state index in [4.69, 9.17) is 4.74 Å². The lowest BCUT2D eigenvalue weighted by atomic mass is 10.1. The van der Waals surface area contributed by atoms with E-state index in [1.807, 2.05) is 42.5 Å². The number of ether oxygens (including phenoxy) is 1. The third-order valence-corrected chi connectivity index (χ3v) is 3.27. The standard InChI is InChI=1S/C17H21NO2/c1-20-16-9-7-14(8-10-16)11-12-18-13-17(19)15-5-3-2-4-6-15/h2-10,17-19H,11-13H2,1H3/t17-/m1/s1. The Morgan fingerprint density at radius 1 is 1.05 bits per heavy atom. The quantitative estimate of drug-likeness (QED) is 0.760. The van der Waals surface area contributed by atoms with Crippen molar-refractivity contribution in [2.24, 2.45) is 0 Å². The molecule has 2 rings (SSSR count). The molecule has 106 valence electrons. The van der Waals surface area contributed by atoms with Gasteiger partial charge in [-0.1, -0.05) is 42.5 Å². The normalized spacial score (nSPS) is 12.1. The molecule has 0 unspecified atom stereocenters. The minimum atomic E-state index is -0.452. The van der Waals surface area contributed by atoms with Gasteiger partial charge in [-0.25, -0.2) is 0 Å². The van der Waals surface area contributed by atoms with E-state index in [9.17, 15) is 5.11 Å². The highest BCUT2D eigenvalue weighted by Gasteiger charge is 2.05. The van der Waals surface area contributed by atoms with Crippen LogP contribution in [0.5, 0.6) is 5.75 Å².